The van der Waals surface area contributed by atoms with Gasteiger partial charge in [-0.25, -0.2) is 0 Å². The average molecular weight is 501 g/mol. The molecule has 0 unspecified atom stereocenters. The fourth-order valence-corrected chi connectivity index (χ4v) is 8.26. The van der Waals surface area contributed by atoms with Crippen LogP contribution in [0.1, 0.15) is 75.0 Å². The molecular formula is C32H40N2O3. The van der Waals surface area contributed by atoms with Crippen molar-refractivity contribution in [2.75, 3.05) is 13.1 Å². The third-order valence-corrected chi connectivity index (χ3v) is 10.1. The fraction of sp³-hybridized carbons (Fsp3) is 0.562. The van der Waals surface area contributed by atoms with E-state index in [-0.39, 0.29) is 23.9 Å². The molecule has 2 aromatic rings. The van der Waals surface area contributed by atoms with Crippen molar-refractivity contribution in [1.82, 2.24) is 9.80 Å². The maximum Gasteiger partial charge on any atom is 0.165 e. The first kappa shape index (κ1) is 23.6. The van der Waals surface area contributed by atoms with E-state index < -0.39 is 11.0 Å². The highest BCUT2D eigenvalue weighted by Crippen LogP contribution is 2.66. The summed E-state index contributed by atoms with van der Waals surface area (Å²) in [5.74, 6) is 0.874. The van der Waals surface area contributed by atoms with Crippen LogP contribution >= 0.6 is 0 Å². The van der Waals surface area contributed by atoms with Crippen LogP contribution < -0.4 is 4.74 Å². The molecule has 3 fully saturated rings. The number of rotatable bonds is 8. The zero-order valence-electron chi connectivity index (χ0n) is 22.0. The minimum Gasteiger partial charge on any atom is -0.504 e. The lowest BCUT2D eigenvalue weighted by atomic mass is 9.48. The Kier molecular flexibility index (Phi) is 5.60. The van der Waals surface area contributed by atoms with E-state index in [1.54, 1.807) is 0 Å². The SMILES string of the molecule is CCCCCN(Cc1ccccc1)[C@@H]1CC[C@@]2(O)[C@H]3Cc4ccc(O)c5c4[C@@]2(CCN3C=C2CC2)[C@H]1O5. The van der Waals surface area contributed by atoms with Gasteiger partial charge in [0.1, 0.15) is 6.10 Å². The predicted molar refractivity (Wildman–Crippen MR) is 145 cm³/mol. The number of allylic oxidation sites excluding steroid dienone is 1. The maximum absolute atomic E-state index is 12.8. The molecule has 7 rings (SSSR count). The zero-order valence-corrected chi connectivity index (χ0v) is 22.0. The second-order valence-electron chi connectivity index (χ2n) is 12.1. The number of piperidine rings is 1. The van der Waals surface area contributed by atoms with Crippen LogP contribution in [0.3, 0.4) is 0 Å². The number of ether oxygens (including phenoxy) is 1. The molecule has 1 spiro atoms. The van der Waals surface area contributed by atoms with E-state index in [2.05, 4.69) is 59.3 Å². The first-order valence-electron chi connectivity index (χ1n) is 14.5. The molecule has 0 radical (unpaired) electrons. The third-order valence-electron chi connectivity index (χ3n) is 10.1. The van der Waals surface area contributed by atoms with E-state index >= 15 is 0 Å². The van der Waals surface area contributed by atoms with Crippen molar-refractivity contribution in [3.63, 3.8) is 0 Å². The molecule has 1 saturated heterocycles. The van der Waals surface area contributed by atoms with Crippen LogP contribution in [0.25, 0.3) is 0 Å². The molecule has 0 amide bonds. The van der Waals surface area contributed by atoms with Gasteiger partial charge in [-0.15, -0.1) is 0 Å². The van der Waals surface area contributed by atoms with Crippen LogP contribution in [0.2, 0.25) is 0 Å². The van der Waals surface area contributed by atoms with Gasteiger partial charge in [-0.1, -0.05) is 61.7 Å². The summed E-state index contributed by atoms with van der Waals surface area (Å²) >= 11 is 0. The van der Waals surface area contributed by atoms with E-state index in [9.17, 15) is 10.2 Å². The fourth-order valence-electron chi connectivity index (χ4n) is 8.26. The Hall–Kier alpha value is -2.50. The smallest absolute Gasteiger partial charge is 0.165 e. The van der Waals surface area contributed by atoms with Crippen molar-refractivity contribution in [1.29, 1.82) is 0 Å². The Morgan fingerprint density at radius 2 is 1.95 bits per heavy atom. The number of unbranched alkanes of at least 4 members (excludes halogenated alkanes) is 2. The van der Waals surface area contributed by atoms with Crippen LogP contribution in [-0.2, 0) is 18.4 Å². The van der Waals surface area contributed by atoms with Crippen molar-refractivity contribution in [3.05, 3.63) is 70.9 Å². The molecule has 2 heterocycles. The average Bonchev–Trinajstić information content (AvgIpc) is 3.64. The van der Waals surface area contributed by atoms with E-state index in [1.165, 1.54) is 42.4 Å². The minimum absolute atomic E-state index is 0.0621. The molecule has 5 nitrogen and oxygen atoms in total. The Morgan fingerprint density at radius 1 is 1.11 bits per heavy atom. The highest BCUT2D eigenvalue weighted by atomic mass is 16.5. The van der Waals surface area contributed by atoms with E-state index in [4.69, 9.17) is 4.74 Å². The van der Waals surface area contributed by atoms with Crippen molar-refractivity contribution in [2.45, 2.75) is 100 Å². The summed E-state index contributed by atoms with van der Waals surface area (Å²) < 4.78 is 6.86. The number of phenolic OH excluding ortho intramolecular Hbond substituents is 1. The van der Waals surface area contributed by atoms with Gasteiger partial charge in [-0.3, -0.25) is 4.90 Å². The van der Waals surface area contributed by atoms with Gasteiger partial charge in [-0.2, -0.15) is 0 Å². The topological polar surface area (TPSA) is 56.2 Å². The van der Waals surface area contributed by atoms with Gasteiger partial charge >= 0.3 is 0 Å². The Balaban J connectivity index is 1.31. The van der Waals surface area contributed by atoms with Gasteiger partial charge in [0.05, 0.1) is 17.1 Å². The van der Waals surface area contributed by atoms with Gasteiger partial charge in [0.2, 0.25) is 0 Å². The van der Waals surface area contributed by atoms with Gasteiger partial charge < -0.3 is 19.8 Å². The van der Waals surface area contributed by atoms with Gasteiger partial charge in [-0.05, 0) is 74.9 Å². The highest BCUT2D eigenvalue weighted by Gasteiger charge is 2.73. The van der Waals surface area contributed by atoms with Gasteiger partial charge in [0.15, 0.2) is 11.5 Å². The Labute approximate surface area is 220 Å². The van der Waals surface area contributed by atoms with Crippen molar-refractivity contribution < 1.29 is 14.9 Å². The summed E-state index contributed by atoms with van der Waals surface area (Å²) in [4.78, 5) is 5.09. The maximum atomic E-state index is 12.8. The molecule has 5 atom stereocenters. The largest absolute Gasteiger partial charge is 0.504 e. The number of nitrogens with zero attached hydrogens (tertiary/aromatic N) is 2. The second-order valence-corrected chi connectivity index (χ2v) is 12.1. The summed E-state index contributed by atoms with van der Waals surface area (Å²) in [6.45, 7) is 5.11. The number of phenols is 1. The Bertz CT molecular complexity index is 1210. The summed E-state index contributed by atoms with van der Waals surface area (Å²) in [6.07, 6.45) is 11.5. The molecule has 5 aliphatic rings. The zero-order chi connectivity index (χ0) is 25.2. The van der Waals surface area contributed by atoms with Crippen molar-refractivity contribution >= 4 is 0 Å². The Morgan fingerprint density at radius 3 is 2.73 bits per heavy atom. The summed E-state index contributed by atoms with van der Waals surface area (Å²) in [7, 11) is 0. The summed E-state index contributed by atoms with van der Waals surface area (Å²) in [5.41, 5.74) is 3.88. The standard InChI is InChI=1S/C32H40N2O3/c1-2-3-7-17-33(20-22-8-5-4-6-9-22)25-14-15-32(36)27-19-24-12-13-26(35)29-28(24)31(32,30(25)37-29)16-18-34(27)21-23-10-11-23/h4-6,8-9,12-13,21,25,27,30,35-36H,2-3,7,10-11,14-20H2,1H3/t25-,27-,30+,31+,32-/m1/s1. The molecule has 0 aromatic heterocycles. The molecule has 2 aliphatic heterocycles. The third kappa shape index (κ3) is 3.50. The highest BCUT2D eigenvalue weighted by molar-refractivity contribution is 5.62. The second kappa shape index (κ2) is 8.78. The number of hydrogen-bond donors (Lipinski definition) is 2. The number of aliphatic hydroxyl groups is 1. The quantitative estimate of drug-likeness (QED) is 0.483. The lowest BCUT2D eigenvalue weighted by Gasteiger charge is -2.64. The van der Waals surface area contributed by atoms with Crippen LogP contribution in [0, 0.1) is 0 Å². The first-order valence-corrected chi connectivity index (χ1v) is 14.5. The summed E-state index contributed by atoms with van der Waals surface area (Å²) in [5, 5.41) is 23.7. The van der Waals surface area contributed by atoms with E-state index in [0.29, 0.717) is 5.75 Å². The number of hydrogen-bond acceptors (Lipinski definition) is 5. The molecule has 3 aliphatic carbocycles. The van der Waals surface area contributed by atoms with Gasteiger partial charge in [0.25, 0.3) is 0 Å². The normalized spacial score (nSPS) is 32.8. The molecular weight excluding hydrogens is 460 g/mol. The van der Waals surface area contributed by atoms with Crippen LogP contribution in [0.15, 0.2) is 54.2 Å². The molecule has 5 heteroatoms. The van der Waals surface area contributed by atoms with Crippen LogP contribution in [0.4, 0.5) is 0 Å². The lowest BCUT2D eigenvalue weighted by Crippen LogP contribution is -2.77. The first-order chi connectivity index (χ1) is 18.0. The number of benzene rings is 2. The van der Waals surface area contributed by atoms with Crippen LogP contribution in [0.5, 0.6) is 11.5 Å². The molecule has 37 heavy (non-hydrogen) atoms. The molecule has 2 bridgehead atoms. The lowest BCUT2D eigenvalue weighted by molar-refractivity contribution is -0.193. The number of likely N-dealkylation sites (tertiary alicyclic amines) is 1. The van der Waals surface area contributed by atoms with E-state index in [1.807, 2.05) is 6.07 Å². The summed E-state index contributed by atoms with van der Waals surface area (Å²) in [6, 6.07) is 14.9. The molecule has 2 N–H and O–H groups in total. The molecule has 2 aromatic carbocycles. The number of aromatic hydroxyl groups is 1. The van der Waals surface area contributed by atoms with E-state index in [0.717, 1.165) is 57.3 Å². The van der Waals surface area contributed by atoms with Crippen LogP contribution in [-0.4, -0.2) is 56.9 Å². The predicted octanol–water partition coefficient (Wildman–Crippen LogP) is 5.29. The molecule has 2 saturated carbocycles. The molecule has 196 valence electrons. The minimum atomic E-state index is -0.855. The van der Waals surface area contributed by atoms with Crippen molar-refractivity contribution in [2.24, 2.45) is 0 Å². The monoisotopic (exact) mass is 500 g/mol. The van der Waals surface area contributed by atoms with Crippen molar-refractivity contribution in [3.8, 4) is 11.5 Å². The van der Waals surface area contributed by atoms with Gasteiger partial charge in [0, 0.05) is 24.7 Å².